The molecule has 1 aromatic carbocycles. The highest BCUT2D eigenvalue weighted by Crippen LogP contribution is 2.13. The Balaban J connectivity index is 2.33. The zero-order valence-electron chi connectivity index (χ0n) is 6.36. The largest absolute Gasteiger partial charge is 0.148 e. The first kappa shape index (κ1) is 8.41. The van der Waals surface area contributed by atoms with Crippen LogP contribution < -0.4 is 0 Å². The van der Waals surface area contributed by atoms with Crippen molar-refractivity contribution >= 4 is 11.8 Å². The third-order valence-electron chi connectivity index (χ3n) is 1.29. The van der Waals surface area contributed by atoms with Crippen LogP contribution in [-0.4, -0.2) is 0 Å². The molecule has 1 radical (unpaired) electrons. The molecule has 0 N–H and O–H groups in total. The van der Waals surface area contributed by atoms with Crippen LogP contribution in [0.1, 0.15) is 5.56 Å². The molecule has 57 valence electrons. The molecule has 0 saturated heterocycles. The lowest BCUT2D eigenvalue weighted by molar-refractivity contribution is 1.42. The Bertz CT molecular complexity index is 203. The van der Waals surface area contributed by atoms with Crippen molar-refractivity contribution in [2.75, 3.05) is 0 Å². The van der Waals surface area contributed by atoms with Gasteiger partial charge in [0, 0.05) is 11.5 Å². The van der Waals surface area contributed by atoms with Crippen molar-refractivity contribution in [3.63, 3.8) is 0 Å². The van der Waals surface area contributed by atoms with Crippen LogP contribution in [0.25, 0.3) is 0 Å². The second-order valence-electron chi connectivity index (χ2n) is 2.17. The van der Waals surface area contributed by atoms with Gasteiger partial charge in [-0.25, -0.2) is 0 Å². The highest BCUT2D eigenvalue weighted by Gasteiger charge is 1.88. The Kier molecular flexibility index (Phi) is 3.84. The van der Waals surface area contributed by atoms with E-state index >= 15 is 0 Å². The molecule has 0 aromatic heterocycles. The van der Waals surface area contributed by atoms with E-state index in [1.54, 1.807) is 11.8 Å². The number of benzene rings is 1. The summed E-state index contributed by atoms with van der Waals surface area (Å²) >= 11 is 1.76. The fourth-order valence-corrected chi connectivity index (χ4v) is 1.40. The summed E-state index contributed by atoms with van der Waals surface area (Å²) in [5.41, 5.74) is 1.36. The van der Waals surface area contributed by atoms with Crippen LogP contribution in [0.2, 0.25) is 0 Å². The summed E-state index contributed by atoms with van der Waals surface area (Å²) in [5, 5.41) is 0. The molecule has 1 rings (SSSR count). The molecule has 1 heteroatoms. The summed E-state index contributed by atoms with van der Waals surface area (Å²) in [5.74, 6) is 3.04. The maximum absolute atomic E-state index is 3.62. The van der Waals surface area contributed by atoms with E-state index in [1.807, 2.05) is 17.9 Å². The molecule has 0 aliphatic rings. The van der Waals surface area contributed by atoms with Gasteiger partial charge < -0.3 is 0 Å². The van der Waals surface area contributed by atoms with Crippen molar-refractivity contribution in [3.8, 4) is 0 Å². The van der Waals surface area contributed by atoms with Crippen LogP contribution in [0.15, 0.2) is 43.0 Å². The predicted molar refractivity (Wildman–Crippen MR) is 52.2 cm³/mol. The van der Waals surface area contributed by atoms with Gasteiger partial charge in [0.15, 0.2) is 0 Å². The van der Waals surface area contributed by atoms with Crippen LogP contribution in [0.3, 0.4) is 0 Å². The number of thioether (sulfide) groups is 1. The zero-order valence-corrected chi connectivity index (χ0v) is 7.18. The molecular weight excluding hydrogens is 152 g/mol. The average molecular weight is 163 g/mol. The fourth-order valence-electron chi connectivity index (χ4n) is 0.787. The summed E-state index contributed by atoms with van der Waals surface area (Å²) < 4.78 is 0. The molecule has 0 nitrogen and oxygen atoms in total. The van der Waals surface area contributed by atoms with Gasteiger partial charge >= 0.3 is 0 Å². The van der Waals surface area contributed by atoms with Gasteiger partial charge in [0.05, 0.1) is 0 Å². The molecule has 0 atom stereocenters. The summed E-state index contributed by atoms with van der Waals surface area (Å²) in [4.78, 5) is 0. The quantitative estimate of drug-likeness (QED) is 0.614. The average Bonchev–Trinajstić information content (AvgIpc) is 2.07. The molecule has 0 aliphatic carbocycles. The Morgan fingerprint density at radius 3 is 2.64 bits per heavy atom. The molecule has 11 heavy (non-hydrogen) atoms. The van der Waals surface area contributed by atoms with E-state index in [0.717, 1.165) is 5.75 Å². The monoisotopic (exact) mass is 163 g/mol. The third kappa shape index (κ3) is 3.28. The third-order valence-corrected chi connectivity index (χ3v) is 2.17. The Morgan fingerprint density at radius 2 is 2.00 bits per heavy atom. The van der Waals surface area contributed by atoms with Crippen molar-refractivity contribution < 1.29 is 0 Å². The van der Waals surface area contributed by atoms with Crippen LogP contribution in [0.4, 0.5) is 0 Å². The lowest BCUT2D eigenvalue weighted by Crippen LogP contribution is -1.76. The van der Waals surface area contributed by atoms with Crippen molar-refractivity contribution in [3.05, 3.63) is 54.3 Å². The second kappa shape index (κ2) is 5.03. The summed E-state index contributed by atoms with van der Waals surface area (Å²) in [6, 6.07) is 10.4. The van der Waals surface area contributed by atoms with Gasteiger partial charge in [-0.1, -0.05) is 36.4 Å². The van der Waals surface area contributed by atoms with Crippen molar-refractivity contribution in [2.45, 2.75) is 5.75 Å². The van der Waals surface area contributed by atoms with Gasteiger partial charge in [0.2, 0.25) is 0 Å². The fraction of sp³-hybridized carbons (Fsp3) is 0.100. The highest BCUT2D eigenvalue weighted by molar-refractivity contribution is 8.00. The highest BCUT2D eigenvalue weighted by atomic mass is 32.2. The minimum atomic E-state index is 1.03. The summed E-state index contributed by atoms with van der Waals surface area (Å²) in [7, 11) is 0. The van der Waals surface area contributed by atoms with Crippen molar-refractivity contribution in [1.29, 1.82) is 0 Å². The second-order valence-corrected chi connectivity index (χ2v) is 3.06. The van der Waals surface area contributed by atoms with Crippen molar-refractivity contribution in [1.82, 2.24) is 0 Å². The maximum atomic E-state index is 3.62. The van der Waals surface area contributed by atoms with Gasteiger partial charge in [0.1, 0.15) is 0 Å². The normalized spacial score (nSPS) is 9.45. The number of rotatable bonds is 4. The molecule has 0 unspecified atom stereocenters. The number of hydrogen-bond donors (Lipinski definition) is 0. The van der Waals surface area contributed by atoms with Crippen molar-refractivity contribution in [2.24, 2.45) is 0 Å². The van der Waals surface area contributed by atoms with Crippen LogP contribution in [0.5, 0.6) is 0 Å². The topological polar surface area (TPSA) is 0 Å². The van der Waals surface area contributed by atoms with Gasteiger partial charge in [-0.2, -0.15) is 0 Å². The minimum Gasteiger partial charge on any atom is -0.148 e. The molecule has 0 aliphatic heterocycles. The molecule has 0 saturated carbocycles. The molecule has 0 amide bonds. The Labute approximate surface area is 72.3 Å². The zero-order chi connectivity index (χ0) is 7.94. The summed E-state index contributed by atoms with van der Waals surface area (Å²) in [6.45, 7) is 3.62. The van der Waals surface area contributed by atoms with E-state index in [-0.39, 0.29) is 0 Å². The van der Waals surface area contributed by atoms with E-state index in [4.69, 9.17) is 0 Å². The van der Waals surface area contributed by atoms with E-state index in [0.29, 0.717) is 0 Å². The van der Waals surface area contributed by atoms with E-state index in [2.05, 4.69) is 30.8 Å². The van der Waals surface area contributed by atoms with E-state index in [9.17, 15) is 0 Å². The molecule has 0 fully saturated rings. The molecule has 0 spiro atoms. The lowest BCUT2D eigenvalue weighted by atomic mass is 10.2. The van der Waals surface area contributed by atoms with Gasteiger partial charge in [-0.3, -0.25) is 0 Å². The van der Waals surface area contributed by atoms with Gasteiger partial charge in [-0.15, -0.1) is 18.3 Å². The smallest absolute Gasteiger partial charge is 0.0381 e. The molecular formula is C10H11S. The van der Waals surface area contributed by atoms with Crippen LogP contribution in [-0.2, 0) is 5.75 Å². The first-order chi connectivity index (χ1) is 5.43. The molecule has 1 aromatic rings. The standard InChI is InChI=1S/C10H11S/c1-2-8-11-9-10-6-4-3-5-7-10/h2-8H,1,9H2. The van der Waals surface area contributed by atoms with E-state index in [1.165, 1.54) is 5.56 Å². The van der Waals surface area contributed by atoms with Gasteiger partial charge in [0.25, 0.3) is 0 Å². The first-order valence-electron chi connectivity index (χ1n) is 3.53. The Morgan fingerprint density at radius 1 is 1.27 bits per heavy atom. The minimum absolute atomic E-state index is 1.03. The number of hydrogen-bond acceptors (Lipinski definition) is 1. The molecule has 0 bridgehead atoms. The molecule has 0 heterocycles. The Hall–Kier alpha value is -0.690. The lowest BCUT2D eigenvalue weighted by Gasteiger charge is -1.96. The van der Waals surface area contributed by atoms with E-state index < -0.39 is 0 Å². The first-order valence-corrected chi connectivity index (χ1v) is 4.58. The van der Waals surface area contributed by atoms with Crippen LogP contribution >= 0.6 is 11.8 Å². The summed E-state index contributed by atoms with van der Waals surface area (Å²) in [6.07, 6.45) is 1.81. The van der Waals surface area contributed by atoms with Gasteiger partial charge in [-0.05, 0) is 5.56 Å². The maximum Gasteiger partial charge on any atom is 0.0381 e. The predicted octanol–water partition coefficient (Wildman–Crippen LogP) is 3.27. The van der Waals surface area contributed by atoms with Crippen LogP contribution in [0, 0.1) is 5.75 Å². The SMILES string of the molecule is C=C[CH]SCc1ccccc1.